The lowest BCUT2D eigenvalue weighted by molar-refractivity contribution is -0.0905. The summed E-state index contributed by atoms with van der Waals surface area (Å²) >= 11 is 3.26. The number of aliphatic hydroxyl groups is 3. The summed E-state index contributed by atoms with van der Waals surface area (Å²) in [6, 6.07) is 30.6. The van der Waals surface area contributed by atoms with Gasteiger partial charge >= 0.3 is 0 Å². The second-order valence-corrected chi connectivity index (χ2v) is 18.3. The van der Waals surface area contributed by atoms with Crippen LogP contribution in [-0.4, -0.2) is 70.1 Å². The lowest BCUT2D eigenvalue weighted by Crippen LogP contribution is -2.54. The van der Waals surface area contributed by atoms with Gasteiger partial charge in [0.25, 0.3) is 0 Å². The summed E-state index contributed by atoms with van der Waals surface area (Å²) in [4.78, 5) is 18.9. The third-order valence-electron chi connectivity index (χ3n) is 12.2. The molecule has 0 aliphatic heterocycles. The number of hydrogen-bond acceptors (Lipinski definition) is 8. The monoisotopic (exact) mass is 777 g/mol. The quantitative estimate of drug-likeness (QED) is 0.0816. The number of benzene rings is 3. The lowest BCUT2D eigenvalue weighted by atomic mass is 9.64. The summed E-state index contributed by atoms with van der Waals surface area (Å²) < 4.78 is 7.04. The third-order valence-corrected chi connectivity index (χ3v) is 14.2. The summed E-state index contributed by atoms with van der Waals surface area (Å²) in [7, 11) is 0. The molecule has 2 aromatic heterocycles. The second-order valence-electron chi connectivity index (χ2n) is 16.1. The van der Waals surface area contributed by atoms with Crippen molar-refractivity contribution in [2.75, 3.05) is 26.2 Å². The summed E-state index contributed by atoms with van der Waals surface area (Å²) in [5, 5.41) is 38.6. The van der Waals surface area contributed by atoms with E-state index in [2.05, 4.69) is 66.6 Å². The molecule has 1 fully saturated rings. The van der Waals surface area contributed by atoms with Gasteiger partial charge in [-0.15, -0.1) is 22.7 Å². The maximum Gasteiger partial charge on any atom is 0.203 e. The first-order valence-corrected chi connectivity index (χ1v) is 21.6. The Balaban J connectivity index is 1.20. The number of hydrogen-bond donors (Lipinski definition) is 3. The number of allylic oxidation sites excluding steroid dienone is 2. The van der Waals surface area contributed by atoms with Gasteiger partial charge in [-0.05, 0) is 116 Å². The number of ketones is 1. The summed E-state index contributed by atoms with van der Waals surface area (Å²) in [5.74, 6) is -0.0657. The van der Waals surface area contributed by atoms with Crippen molar-refractivity contribution in [1.82, 2.24) is 4.90 Å². The van der Waals surface area contributed by atoms with Crippen molar-refractivity contribution < 1.29 is 24.9 Å². The van der Waals surface area contributed by atoms with Crippen LogP contribution in [0.15, 0.2) is 108 Å². The van der Waals surface area contributed by atoms with Crippen molar-refractivity contribution in [3.63, 3.8) is 0 Å². The van der Waals surface area contributed by atoms with Gasteiger partial charge in [0.15, 0.2) is 0 Å². The Bertz CT molecular complexity index is 2020. The Morgan fingerprint density at radius 3 is 2.62 bits per heavy atom. The molecule has 3 N–H and O–H groups in total. The second kappa shape index (κ2) is 17.8. The minimum atomic E-state index is -1.08. The first-order chi connectivity index (χ1) is 26.6. The first-order valence-electron chi connectivity index (χ1n) is 19.9. The van der Waals surface area contributed by atoms with Gasteiger partial charge in [0.1, 0.15) is 0 Å². The highest BCUT2D eigenvalue weighted by atomic mass is 32.1. The highest BCUT2D eigenvalue weighted by Gasteiger charge is 2.57. The van der Waals surface area contributed by atoms with Crippen molar-refractivity contribution in [2.45, 2.75) is 95.5 Å². The fraction of sp³-hybridized carbons (Fsp3) is 0.426. The topological polar surface area (TPSA) is 90.2 Å². The van der Waals surface area contributed by atoms with E-state index < -0.39 is 23.2 Å². The zero-order valence-corrected chi connectivity index (χ0v) is 33.8. The van der Waals surface area contributed by atoms with Crippen molar-refractivity contribution in [2.24, 2.45) is 5.41 Å². The Labute approximate surface area is 334 Å². The number of carbonyl (C=O) groups is 1. The minimum absolute atomic E-state index is 0.00404. The fourth-order valence-corrected chi connectivity index (χ4v) is 10.7. The molecule has 0 saturated heterocycles. The van der Waals surface area contributed by atoms with Crippen LogP contribution in [0.1, 0.15) is 95.1 Å². The van der Waals surface area contributed by atoms with Gasteiger partial charge < -0.3 is 20.1 Å². The van der Waals surface area contributed by atoms with E-state index in [0.717, 1.165) is 58.9 Å². The number of aliphatic hydroxyl groups excluding tert-OH is 2. The molecule has 6 nitrogen and oxygen atoms in total. The molecular formula is C47H55NO5S2. The molecule has 1 saturated carbocycles. The third kappa shape index (κ3) is 9.40. The van der Waals surface area contributed by atoms with Crippen LogP contribution in [0.4, 0.5) is 0 Å². The first kappa shape index (κ1) is 39.8. The molecule has 0 spiro atoms. The Kier molecular flexibility index (Phi) is 12.8. The molecule has 5 aromatic rings. The molecule has 290 valence electrons. The van der Waals surface area contributed by atoms with E-state index >= 15 is 0 Å². The minimum Gasteiger partial charge on any atom is -0.393 e. The Morgan fingerprint density at radius 1 is 1.00 bits per heavy atom. The molecule has 3 aliphatic carbocycles. The van der Waals surface area contributed by atoms with Crippen LogP contribution in [0.2, 0.25) is 0 Å². The molecule has 55 heavy (non-hydrogen) atoms. The van der Waals surface area contributed by atoms with Gasteiger partial charge in [-0.25, -0.2) is 0 Å². The molecule has 5 unspecified atom stereocenters. The van der Waals surface area contributed by atoms with Gasteiger partial charge in [-0.2, -0.15) is 0 Å². The van der Waals surface area contributed by atoms with Crippen LogP contribution in [0.3, 0.4) is 0 Å². The smallest absolute Gasteiger partial charge is 0.203 e. The lowest BCUT2D eigenvalue weighted by Gasteiger charge is -2.46. The molecule has 3 aromatic carbocycles. The van der Waals surface area contributed by atoms with E-state index in [-0.39, 0.29) is 18.3 Å². The SMILES string of the molecule is CC1=CCCC2(C)C(CCC2(O)CN(CCc2cccs2)CC(O)COCc2ccccc2)c2ccc(cc2C(=O)c2cc3ccccc3s2)CC(O)CC1. The normalized spacial score (nSPS) is 23.8. The average Bonchev–Trinajstić information content (AvgIpc) is 3.92. The molecule has 2 bridgehead atoms. The van der Waals surface area contributed by atoms with Gasteiger partial charge in [0.05, 0.1) is 35.9 Å². The molecular weight excluding hydrogens is 723 g/mol. The molecule has 8 heteroatoms. The number of ether oxygens (including phenoxy) is 1. The zero-order chi connectivity index (χ0) is 38.4. The van der Waals surface area contributed by atoms with Crippen LogP contribution in [0.5, 0.6) is 0 Å². The van der Waals surface area contributed by atoms with E-state index in [1.54, 1.807) is 11.3 Å². The standard InChI is InChI=1S/C47H55NO5S2/c1-33-10-8-22-46(2)42(40-19-17-35(26-37(49)18-16-33)27-41(40)45(51)44-28-36-13-6-7-15-43(36)55-44)20-23-47(46,52)32-48(24-21-39-14-9-25-54-39)29-38(50)31-53-30-34-11-4-3-5-12-34/h3-7,9-15,17,19,25,27-28,37-38,42,49-50,52H,8,16,18,20-24,26,29-32H2,1-2H3. The largest absolute Gasteiger partial charge is 0.393 e. The van der Waals surface area contributed by atoms with Gasteiger partial charge in [0, 0.05) is 40.2 Å². The van der Waals surface area contributed by atoms with E-state index in [1.165, 1.54) is 21.8 Å². The van der Waals surface area contributed by atoms with E-state index in [1.807, 2.05) is 54.6 Å². The van der Waals surface area contributed by atoms with Crippen LogP contribution >= 0.6 is 22.7 Å². The van der Waals surface area contributed by atoms with Gasteiger partial charge in [-0.3, -0.25) is 9.69 Å². The van der Waals surface area contributed by atoms with Crippen LogP contribution in [-0.2, 0) is 24.2 Å². The number of rotatable bonds is 13. The summed E-state index contributed by atoms with van der Waals surface area (Å²) in [6.07, 6.45) is 6.71. The van der Waals surface area contributed by atoms with Crippen LogP contribution in [0.25, 0.3) is 10.1 Å². The van der Waals surface area contributed by atoms with Crippen LogP contribution < -0.4 is 0 Å². The number of fused-ring (bicyclic) bond motifs is 9. The average molecular weight is 778 g/mol. The molecule has 5 atom stereocenters. The van der Waals surface area contributed by atoms with Gasteiger partial charge in [-0.1, -0.05) is 85.3 Å². The van der Waals surface area contributed by atoms with Crippen molar-refractivity contribution in [3.05, 3.63) is 140 Å². The maximum atomic E-state index is 14.6. The van der Waals surface area contributed by atoms with E-state index in [9.17, 15) is 20.1 Å². The van der Waals surface area contributed by atoms with Crippen LogP contribution in [0, 0.1) is 5.41 Å². The van der Waals surface area contributed by atoms with Crippen molar-refractivity contribution in [1.29, 1.82) is 0 Å². The Hall–Kier alpha value is -3.47. The maximum absolute atomic E-state index is 14.6. The number of nitrogens with zero attached hydrogens (tertiary/aromatic N) is 1. The molecule has 3 aliphatic rings. The summed E-state index contributed by atoms with van der Waals surface area (Å²) in [6.45, 7) is 6.51. The predicted molar refractivity (Wildman–Crippen MR) is 225 cm³/mol. The van der Waals surface area contributed by atoms with Crippen molar-refractivity contribution in [3.8, 4) is 0 Å². The number of thiophene rings is 2. The van der Waals surface area contributed by atoms with E-state index in [4.69, 9.17) is 4.74 Å². The Morgan fingerprint density at radius 2 is 1.82 bits per heavy atom. The molecule has 0 radical (unpaired) electrons. The van der Waals surface area contributed by atoms with E-state index in [0.29, 0.717) is 55.9 Å². The number of carbonyl (C=O) groups excluding carboxylic acids is 1. The highest BCUT2D eigenvalue weighted by Crippen LogP contribution is 2.59. The highest BCUT2D eigenvalue weighted by molar-refractivity contribution is 7.21. The predicted octanol–water partition coefficient (Wildman–Crippen LogP) is 9.35. The molecule has 0 amide bonds. The van der Waals surface area contributed by atoms with Gasteiger partial charge in [0.2, 0.25) is 5.78 Å². The van der Waals surface area contributed by atoms with Crippen molar-refractivity contribution >= 4 is 38.5 Å². The molecule has 2 heterocycles. The summed E-state index contributed by atoms with van der Waals surface area (Å²) in [5.41, 5.74) is 3.29. The zero-order valence-electron chi connectivity index (χ0n) is 32.2. The molecule has 8 rings (SSSR count). The fourth-order valence-electron chi connectivity index (χ4n) is 8.99.